The summed E-state index contributed by atoms with van der Waals surface area (Å²) in [6, 6.07) is 21.6. The molecule has 0 aliphatic heterocycles. The number of aryl methyl sites for hydroxylation is 1. The van der Waals surface area contributed by atoms with Crippen LogP contribution < -0.4 is 10.0 Å². The van der Waals surface area contributed by atoms with Crippen LogP contribution in [0.5, 0.6) is 0 Å². The number of carbonyl (C=O) groups is 1. The molecule has 7 heteroatoms. The van der Waals surface area contributed by atoms with Gasteiger partial charge in [0.2, 0.25) is 0 Å². The van der Waals surface area contributed by atoms with E-state index in [-0.39, 0.29) is 10.8 Å². The molecule has 184 valence electrons. The molecule has 1 saturated carbocycles. The summed E-state index contributed by atoms with van der Waals surface area (Å²) in [5.74, 6) is -0.270. The minimum Gasteiger partial charge on any atom is -0.322 e. The highest BCUT2D eigenvalue weighted by atomic mass is 32.2. The summed E-state index contributed by atoms with van der Waals surface area (Å²) in [6.45, 7) is 2.61. The average Bonchev–Trinajstić information content (AvgIpc) is 2.87. The fourth-order valence-electron chi connectivity index (χ4n) is 4.57. The number of rotatable bonds is 8. The molecule has 3 aromatic rings. The Morgan fingerprint density at radius 3 is 2.20 bits per heavy atom. The van der Waals surface area contributed by atoms with Gasteiger partial charge in [0.15, 0.2) is 0 Å². The van der Waals surface area contributed by atoms with Crippen molar-refractivity contribution in [1.82, 2.24) is 4.90 Å². The van der Waals surface area contributed by atoms with Crippen molar-refractivity contribution in [2.24, 2.45) is 0 Å². The number of carbonyl (C=O) groups excluding carboxylic acids is 1. The van der Waals surface area contributed by atoms with Gasteiger partial charge in [-0.2, -0.15) is 0 Å². The minimum absolute atomic E-state index is 0.104. The van der Waals surface area contributed by atoms with Crippen LogP contribution in [0.4, 0.5) is 11.4 Å². The Kier molecular flexibility index (Phi) is 7.88. The lowest BCUT2D eigenvalue weighted by molar-refractivity contribution is 0.102. The van der Waals surface area contributed by atoms with Gasteiger partial charge in [-0.25, -0.2) is 8.42 Å². The first kappa shape index (κ1) is 24.9. The molecular weight excluding hydrogens is 458 g/mol. The van der Waals surface area contributed by atoms with Gasteiger partial charge in [-0.3, -0.25) is 14.4 Å². The molecule has 0 spiro atoms. The van der Waals surface area contributed by atoms with Crippen LogP contribution in [0.1, 0.15) is 53.6 Å². The Morgan fingerprint density at radius 1 is 0.886 bits per heavy atom. The lowest BCUT2D eigenvalue weighted by Crippen LogP contribution is -2.33. The third-order valence-corrected chi connectivity index (χ3v) is 8.08. The van der Waals surface area contributed by atoms with Crippen molar-refractivity contribution in [1.29, 1.82) is 0 Å². The molecule has 0 unspecified atom stereocenters. The summed E-state index contributed by atoms with van der Waals surface area (Å²) in [4.78, 5) is 15.4. The van der Waals surface area contributed by atoms with E-state index in [1.54, 1.807) is 24.3 Å². The second kappa shape index (κ2) is 11.1. The van der Waals surface area contributed by atoms with E-state index < -0.39 is 10.0 Å². The van der Waals surface area contributed by atoms with Gasteiger partial charge in [-0.15, -0.1) is 0 Å². The van der Waals surface area contributed by atoms with Crippen molar-refractivity contribution in [3.05, 3.63) is 89.5 Å². The highest BCUT2D eigenvalue weighted by Gasteiger charge is 2.20. The third kappa shape index (κ3) is 6.29. The Morgan fingerprint density at radius 2 is 1.51 bits per heavy atom. The van der Waals surface area contributed by atoms with Gasteiger partial charge in [0, 0.05) is 23.8 Å². The Hall–Kier alpha value is -3.16. The van der Waals surface area contributed by atoms with Crippen LogP contribution in [0.3, 0.4) is 0 Å². The molecule has 3 aromatic carbocycles. The first-order chi connectivity index (χ1) is 16.8. The fourth-order valence-corrected chi connectivity index (χ4v) is 5.70. The number of benzene rings is 3. The van der Waals surface area contributed by atoms with Gasteiger partial charge in [0.05, 0.1) is 10.6 Å². The minimum atomic E-state index is -3.76. The molecule has 1 amide bonds. The zero-order chi connectivity index (χ0) is 24.8. The predicted molar refractivity (Wildman–Crippen MR) is 141 cm³/mol. The van der Waals surface area contributed by atoms with E-state index >= 15 is 0 Å². The Balaban J connectivity index is 1.44. The molecule has 0 radical (unpaired) electrons. The molecule has 4 rings (SSSR count). The van der Waals surface area contributed by atoms with Gasteiger partial charge in [-0.1, -0.05) is 55.7 Å². The van der Waals surface area contributed by atoms with Crippen LogP contribution in [-0.4, -0.2) is 32.3 Å². The van der Waals surface area contributed by atoms with Gasteiger partial charge < -0.3 is 5.32 Å². The molecule has 0 aromatic heterocycles. The van der Waals surface area contributed by atoms with E-state index in [0.29, 0.717) is 17.3 Å². The van der Waals surface area contributed by atoms with Crippen molar-refractivity contribution >= 4 is 27.3 Å². The van der Waals surface area contributed by atoms with Gasteiger partial charge >= 0.3 is 0 Å². The summed E-state index contributed by atoms with van der Waals surface area (Å²) in [7, 11) is -1.60. The van der Waals surface area contributed by atoms with E-state index in [2.05, 4.69) is 22.0 Å². The van der Waals surface area contributed by atoms with Crippen LogP contribution >= 0.6 is 0 Å². The molecular formula is C28H33N3O3S. The van der Waals surface area contributed by atoms with Crippen molar-refractivity contribution in [2.75, 3.05) is 17.1 Å². The normalized spacial score (nSPS) is 14.6. The lowest BCUT2D eigenvalue weighted by atomic mass is 9.94. The highest BCUT2D eigenvalue weighted by Crippen LogP contribution is 2.25. The first-order valence-corrected chi connectivity index (χ1v) is 13.6. The molecule has 0 saturated heterocycles. The van der Waals surface area contributed by atoms with Gasteiger partial charge in [0.25, 0.3) is 15.9 Å². The first-order valence-electron chi connectivity index (χ1n) is 12.1. The number of nitrogens with zero attached hydrogens (tertiary/aromatic N) is 1. The zero-order valence-electron chi connectivity index (χ0n) is 20.3. The quantitative estimate of drug-likeness (QED) is 0.417. The summed E-state index contributed by atoms with van der Waals surface area (Å²) >= 11 is 0. The van der Waals surface area contributed by atoms with Crippen molar-refractivity contribution in [3.8, 4) is 0 Å². The number of nitrogens with one attached hydrogen (secondary N) is 2. The van der Waals surface area contributed by atoms with Crippen molar-refractivity contribution < 1.29 is 13.2 Å². The smallest absolute Gasteiger partial charge is 0.261 e. The maximum absolute atomic E-state index is 13.0. The maximum atomic E-state index is 13.0. The summed E-state index contributed by atoms with van der Waals surface area (Å²) in [5.41, 5.74) is 3.60. The molecule has 35 heavy (non-hydrogen) atoms. The molecule has 0 bridgehead atoms. The molecule has 1 aliphatic rings. The monoisotopic (exact) mass is 491 g/mol. The van der Waals surface area contributed by atoms with E-state index in [1.165, 1.54) is 44.2 Å². The van der Waals surface area contributed by atoms with Gasteiger partial charge in [0.1, 0.15) is 0 Å². The largest absolute Gasteiger partial charge is 0.322 e. The summed E-state index contributed by atoms with van der Waals surface area (Å²) < 4.78 is 28.2. The molecule has 2 N–H and O–H groups in total. The van der Waals surface area contributed by atoms with E-state index in [9.17, 15) is 13.2 Å². The van der Waals surface area contributed by atoms with E-state index in [4.69, 9.17) is 0 Å². The van der Waals surface area contributed by atoms with Crippen molar-refractivity contribution in [2.45, 2.75) is 56.5 Å². The average molecular weight is 492 g/mol. The lowest BCUT2D eigenvalue weighted by Gasteiger charge is -2.31. The standard InChI is InChI=1S/C28H33N3O3S/c1-21-10-6-8-14-26(21)30-35(33,34)25-18-16-22(17-19-25)28(32)29-27-15-9-7-11-23(27)20-31(2)24-12-4-3-5-13-24/h6-11,14-19,24,30H,3-5,12-13,20H2,1-2H3,(H,29,32). The van der Waals surface area contributed by atoms with Crippen molar-refractivity contribution in [3.63, 3.8) is 0 Å². The maximum Gasteiger partial charge on any atom is 0.261 e. The van der Waals surface area contributed by atoms with Gasteiger partial charge in [-0.05, 0) is 74.3 Å². The number of hydrogen-bond acceptors (Lipinski definition) is 4. The summed E-state index contributed by atoms with van der Waals surface area (Å²) in [6.07, 6.45) is 6.32. The molecule has 1 fully saturated rings. The molecule has 6 nitrogen and oxygen atoms in total. The predicted octanol–water partition coefficient (Wildman–Crippen LogP) is 5.81. The number of sulfonamides is 1. The Labute approximate surface area is 208 Å². The van der Waals surface area contributed by atoms with Crippen LogP contribution in [0, 0.1) is 6.92 Å². The number of hydrogen-bond donors (Lipinski definition) is 2. The van der Waals surface area contributed by atoms with Crippen LogP contribution in [0.25, 0.3) is 0 Å². The fraction of sp³-hybridized carbons (Fsp3) is 0.321. The van der Waals surface area contributed by atoms with Crippen LogP contribution in [0.15, 0.2) is 77.7 Å². The van der Waals surface area contributed by atoms with Crippen LogP contribution in [0.2, 0.25) is 0 Å². The van der Waals surface area contributed by atoms with Crippen LogP contribution in [-0.2, 0) is 16.6 Å². The SMILES string of the molecule is Cc1ccccc1NS(=O)(=O)c1ccc(C(=O)Nc2ccccc2CN(C)C2CCCCC2)cc1. The topological polar surface area (TPSA) is 78.5 Å². The third-order valence-electron chi connectivity index (χ3n) is 6.70. The Bertz CT molecular complexity index is 1270. The number of anilines is 2. The van der Waals surface area contributed by atoms with E-state index in [0.717, 1.165) is 23.4 Å². The highest BCUT2D eigenvalue weighted by molar-refractivity contribution is 7.92. The second-order valence-corrected chi connectivity index (χ2v) is 10.9. The summed E-state index contributed by atoms with van der Waals surface area (Å²) in [5, 5.41) is 3.01. The molecule has 0 atom stereocenters. The van der Waals surface area contributed by atoms with E-state index in [1.807, 2.05) is 43.3 Å². The molecule has 1 aliphatic carbocycles. The zero-order valence-corrected chi connectivity index (χ0v) is 21.1. The second-order valence-electron chi connectivity index (χ2n) is 9.26. The number of para-hydroxylation sites is 2. The molecule has 0 heterocycles. The number of amides is 1.